The van der Waals surface area contributed by atoms with Gasteiger partial charge in [0, 0.05) is 6.07 Å². The maximum atomic E-state index is 13.0. The van der Waals surface area contributed by atoms with Crippen molar-refractivity contribution in [2.75, 3.05) is 0 Å². The van der Waals surface area contributed by atoms with Gasteiger partial charge in [-0.15, -0.1) is 0 Å². The second-order valence-corrected chi connectivity index (χ2v) is 6.58. The van der Waals surface area contributed by atoms with Crippen LogP contribution in [0.3, 0.4) is 0 Å². The van der Waals surface area contributed by atoms with Crippen molar-refractivity contribution in [1.82, 2.24) is 0 Å². The summed E-state index contributed by atoms with van der Waals surface area (Å²) < 4.78 is 29.4. The highest BCUT2D eigenvalue weighted by atomic mass is 19.1. The third kappa shape index (κ3) is 4.07. The monoisotopic (exact) mass is 404 g/mol. The molecule has 4 rings (SSSR count). The van der Waals surface area contributed by atoms with Crippen molar-refractivity contribution in [1.29, 1.82) is 0 Å². The lowest BCUT2D eigenvalue weighted by Gasteiger charge is -2.08. The van der Waals surface area contributed by atoms with Gasteiger partial charge < -0.3 is 13.9 Å². The minimum atomic E-state index is -0.646. The highest BCUT2D eigenvalue weighted by Crippen LogP contribution is 2.25. The molecule has 0 saturated carbocycles. The van der Waals surface area contributed by atoms with Crippen LogP contribution in [0.1, 0.15) is 22.8 Å². The lowest BCUT2D eigenvalue weighted by molar-refractivity contribution is 0.0735. The van der Waals surface area contributed by atoms with Gasteiger partial charge in [-0.1, -0.05) is 19.1 Å². The van der Waals surface area contributed by atoms with Gasteiger partial charge >= 0.3 is 5.97 Å². The van der Waals surface area contributed by atoms with Crippen LogP contribution in [-0.4, -0.2) is 5.97 Å². The predicted octanol–water partition coefficient (Wildman–Crippen LogP) is 5.51. The van der Waals surface area contributed by atoms with Gasteiger partial charge in [0.2, 0.25) is 11.2 Å². The van der Waals surface area contributed by atoms with Crippen molar-refractivity contribution in [3.8, 4) is 17.2 Å². The molecule has 4 aromatic rings. The number of aryl methyl sites for hydroxylation is 1. The third-order valence-electron chi connectivity index (χ3n) is 4.56. The molecule has 0 aliphatic heterocycles. The minimum Gasteiger partial charge on any atom is -0.460 e. The summed E-state index contributed by atoms with van der Waals surface area (Å²) in [5.74, 6) is -0.305. The number of halogens is 1. The van der Waals surface area contributed by atoms with Gasteiger partial charge in [0.1, 0.15) is 29.2 Å². The molecule has 0 spiro atoms. The normalized spacial score (nSPS) is 10.7. The molecule has 0 aliphatic rings. The van der Waals surface area contributed by atoms with E-state index in [0.29, 0.717) is 11.1 Å². The van der Waals surface area contributed by atoms with E-state index in [9.17, 15) is 14.0 Å². The Labute approximate surface area is 171 Å². The molecular formula is C24H17FO5. The van der Waals surface area contributed by atoms with Crippen molar-refractivity contribution in [3.63, 3.8) is 0 Å². The van der Waals surface area contributed by atoms with Crippen LogP contribution in [0.15, 0.2) is 82.2 Å². The molecule has 0 fully saturated rings. The molecule has 6 heteroatoms. The number of hydrogen-bond acceptors (Lipinski definition) is 5. The molecule has 1 aromatic heterocycles. The van der Waals surface area contributed by atoms with Crippen LogP contribution in [-0.2, 0) is 6.42 Å². The van der Waals surface area contributed by atoms with E-state index in [1.54, 1.807) is 12.1 Å². The Hall–Kier alpha value is -3.93. The van der Waals surface area contributed by atoms with Gasteiger partial charge in [0.15, 0.2) is 0 Å². The number of benzene rings is 3. The third-order valence-corrected chi connectivity index (χ3v) is 4.56. The molecule has 0 bridgehead atoms. The fourth-order valence-corrected chi connectivity index (χ4v) is 2.90. The van der Waals surface area contributed by atoms with Gasteiger partial charge in [-0.05, 0) is 60.5 Å². The summed E-state index contributed by atoms with van der Waals surface area (Å²) in [6.45, 7) is 2.05. The smallest absolute Gasteiger partial charge is 0.343 e. The maximum absolute atomic E-state index is 13.0. The summed E-state index contributed by atoms with van der Waals surface area (Å²) >= 11 is 0. The zero-order chi connectivity index (χ0) is 21.1. The number of rotatable bonds is 5. The first-order valence-corrected chi connectivity index (χ1v) is 9.33. The standard InChI is InChI=1S/C24H17FO5/c1-2-15-3-9-18(10-4-15)29-22-14-28-21-13-19(11-12-20(21)23(22)26)30-24(27)16-5-7-17(25)8-6-16/h3-14H,2H2,1H3. The van der Waals surface area contributed by atoms with Gasteiger partial charge in [0.05, 0.1) is 10.9 Å². The highest BCUT2D eigenvalue weighted by Gasteiger charge is 2.13. The van der Waals surface area contributed by atoms with Crippen LogP contribution in [0.5, 0.6) is 17.2 Å². The van der Waals surface area contributed by atoms with Crippen LogP contribution >= 0.6 is 0 Å². The Kier molecular flexibility index (Phi) is 5.30. The first-order chi connectivity index (χ1) is 14.5. The van der Waals surface area contributed by atoms with Crippen molar-refractivity contribution in [3.05, 3.63) is 100 Å². The average molecular weight is 404 g/mol. The Morgan fingerprint density at radius 1 is 0.967 bits per heavy atom. The maximum Gasteiger partial charge on any atom is 0.343 e. The van der Waals surface area contributed by atoms with Crippen molar-refractivity contribution in [2.45, 2.75) is 13.3 Å². The Morgan fingerprint density at radius 2 is 1.67 bits per heavy atom. The van der Waals surface area contributed by atoms with Crippen LogP contribution in [0.2, 0.25) is 0 Å². The second-order valence-electron chi connectivity index (χ2n) is 6.58. The molecule has 30 heavy (non-hydrogen) atoms. The zero-order valence-electron chi connectivity index (χ0n) is 16.1. The molecule has 0 saturated heterocycles. The SMILES string of the molecule is CCc1ccc(Oc2coc3cc(OC(=O)c4ccc(F)cc4)ccc3c2=O)cc1. The van der Waals surface area contributed by atoms with E-state index >= 15 is 0 Å². The molecule has 150 valence electrons. The molecular weight excluding hydrogens is 387 g/mol. The highest BCUT2D eigenvalue weighted by molar-refractivity contribution is 5.91. The molecule has 0 aliphatic carbocycles. The number of fused-ring (bicyclic) bond motifs is 1. The Balaban J connectivity index is 1.56. The van der Waals surface area contributed by atoms with Crippen LogP contribution < -0.4 is 14.9 Å². The second kappa shape index (κ2) is 8.21. The average Bonchev–Trinajstić information content (AvgIpc) is 2.76. The summed E-state index contributed by atoms with van der Waals surface area (Å²) in [7, 11) is 0. The van der Waals surface area contributed by atoms with E-state index in [2.05, 4.69) is 6.92 Å². The molecule has 0 unspecified atom stereocenters. The van der Waals surface area contributed by atoms with E-state index < -0.39 is 11.8 Å². The molecule has 0 N–H and O–H groups in total. The van der Waals surface area contributed by atoms with E-state index in [0.717, 1.165) is 12.0 Å². The van der Waals surface area contributed by atoms with Gasteiger partial charge in [-0.25, -0.2) is 9.18 Å². The quantitative estimate of drug-likeness (QED) is 0.324. The van der Waals surface area contributed by atoms with E-state index in [4.69, 9.17) is 13.9 Å². The molecule has 0 atom stereocenters. The van der Waals surface area contributed by atoms with Crippen molar-refractivity contribution >= 4 is 16.9 Å². The molecule has 0 amide bonds. The van der Waals surface area contributed by atoms with E-state index in [-0.39, 0.29) is 28.1 Å². The fraction of sp³-hybridized carbons (Fsp3) is 0.0833. The van der Waals surface area contributed by atoms with Crippen LogP contribution in [0.4, 0.5) is 4.39 Å². The van der Waals surface area contributed by atoms with Crippen molar-refractivity contribution in [2.24, 2.45) is 0 Å². The lowest BCUT2D eigenvalue weighted by Crippen LogP contribution is -2.09. The van der Waals surface area contributed by atoms with Crippen molar-refractivity contribution < 1.29 is 23.1 Å². The number of ether oxygens (including phenoxy) is 2. The lowest BCUT2D eigenvalue weighted by atomic mass is 10.2. The summed E-state index contributed by atoms with van der Waals surface area (Å²) in [6, 6.07) is 16.9. The molecule has 3 aromatic carbocycles. The van der Waals surface area contributed by atoms with E-state index in [1.807, 2.05) is 12.1 Å². The molecule has 1 heterocycles. The van der Waals surface area contributed by atoms with E-state index in [1.165, 1.54) is 48.7 Å². The Morgan fingerprint density at radius 3 is 2.37 bits per heavy atom. The summed E-state index contributed by atoms with van der Waals surface area (Å²) in [5, 5.41) is 0.291. The largest absolute Gasteiger partial charge is 0.460 e. The minimum absolute atomic E-state index is 0.0582. The topological polar surface area (TPSA) is 65.7 Å². The number of carbonyl (C=O) groups is 1. The summed E-state index contributed by atoms with van der Waals surface area (Å²) in [4.78, 5) is 24.9. The summed E-state index contributed by atoms with van der Waals surface area (Å²) in [5.41, 5.74) is 1.27. The van der Waals surface area contributed by atoms with Gasteiger partial charge in [0.25, 0.3) is 0 Å². The van der Waals surface area contributed by atoms with Gasteiger partial charge in [-0.3, -0.25) is 4.79 Å². The zero-order valence-corrected chi connectivity index (χ0v) is 16.1. The summed E-state index contributed by atoms with van der Waals surface area (Å²) in [6.07, 6.45) is 2.14. The number of carbonyl (C=O) groups excluding carboxylic acids is 1. The Bertz CT molecular complexity index is 1260. The number of esters is 1. The fourth-order valence-electron chi connectivity index (χ4n) is 2.90. The molecule has 0 radical (unpaired) electrons. The first-order valence-electron chi connectivity index (χ1n) is 9.33. The molecule has 5 nitrogen and oxygen atoms in total. The number of hydrogen-bond donors (Lipinski definition) is 0. The van der Waals surface area contributed by atoms with Crippen LogP contribution in [0.25, 0.3) is 11.0 Å². The predicted molar refractivity (Wildman–Crippen MR) is 110 cm³/mol. The van der Waals surface area contributed by atoms with Crippen LogP contribution in [0, 0.1) is 5.82 Å². The first kappa shape index (κ1) is 19.4. The van der Waals surface area contributed by atoms with Gasteiger partial charge in [-0.2, -0.15) is 0 Å².